The van der Waals surface area contributed by atoms with E-state index in [4.69, 9.17) is 5.11 Å². The number of hydrogen-bond acceptors (Lipinski definition) is 4. The smallest absolute Gasteiger partial charge is 0.305 e. The third-order valence-corrected chi connectivity index (χ3v) is 2.30. The number of anilines is 1. The van der Waals surface area contributed by atoms with Crippen LogP contribution in [0.25, 0.3) is 0 Å². The van der Waals surface area contributed by atoms with E-state index in [2.05, 4.69) is 5.32 Å². The molecule has 0 spiro atoms. The first-order valence-electron chi connectivity index (χ1n) is 5.13. The molecule has 0 aliphatic rings. The van der Waals surface area contributed by atoms with Gasteiger partial charge in [0.1, 0.15) is 0 Å². The van der Waals surface area contributed by atoms with E-state index in [0.29, 0.717) is 11.3 Å². The second-order valence-electron chi connectivity index (χ2n) is 3.90. The average Bonchev–Trinajstić information content (AvgIpc) is 2.19. The van der Waals surface area contributed by atoms with E-state index < -0.39 is 10.9 Å². The molecule has 0 radical (unpaired) electrons. The van der Waals surface area contributed by atoms with Gasteiger partial charge in [-0.1, -0.05) is 6.07 Å². The molecule has 1 aromatic carbocycles. The first kappa shape index (κ1) is 13.0. The largest absolute Gasteiger partial charge is 0.481 e. The first-order valence-corrected chi connectivity index (χ1v) is 5.13. The van der Waals surface area contributed by atoms with E-state index in [1.165, 1.54) is 6.07 Å². The fourth-order valence-electron chi connectivity index (χ4n) is 1.49. The molecule has 1 rings (SSSR count). The summed E-state index contributed by atoms with van der Waals surface area (Å²) < 4.78 is 0. The molecule has 0 fully saturated rings. The highest BCUT2D eigenvalue weighted by Gasteiger charge is 2.13. The Morgan fingerprint density at radius 2 is 2.24 bits per heavy atom. The number of carboxylic acid groups (broad SMARTS) is 1. The van der Waals surface area contributed by atoms with Gasteiger partial charge in [0.05, 0.1) is 11.3 Å². The summed E-state index contributed by atoms with van der Waals surface area (Å²) in [4.78, 5) is 20.7. The van der Waals surface area contributed by atoms with E-state index in [1.807, 2.05) is 0 Å². The van der Waals surface area contributed by atoms with Gasteiger partial charge in [-0.25, -0.2) is 0 Å². The summed E-state index contributed by atoms with van der Waals surface area (Å²) in [7, 11) is 0. The van der Waals surface area contributed by atoms with E-state index in [-0.39, 0.29) is 18.2 Å². The molecule has 17 heavy (non-hydrogen) atoms. The number of rotatable bonds is 5. The predicted molar refractivity (Wildman–Crippen MR) is 63.2 cm³/mol. The monoisotopic (exact) mass is 238 g/mol. The molecule has 0 bridgehead atoms. The molecule has 6 heteroatoms. The van der Waals surface area contributed by atoms with Crippen LogP contribution in [0.5, 0.6) is 0 Å². The van der Waals surface area contributed by atoms with Crippen LogP contribution in [0.3, 0.4) is 0 Å². The lowest BCUT2D eigenvalue weighted by molar-refractivity contribution is -0.385. The van der Waals surface area contributed by atoms with Crippen LogP contribution in [0, 0.1) is 17.0 Å². The quantitative estimate of drug-likeness (QED) is 0.605. The highest BCUT2D eigenvalue weighted by atomic mass is 16.6. The van der Waals surface area contributed by atoms with Crippen molar-refractivity contribution in [2.75, 3.05) is 5.32 Å². The van der Waals surface area contributed by atoms with Gasteiger partial charge in [-0.2, -0.15) is 0 Å². The minimum Gasteiger partial charge on any atom is -0.481 e. The average molecular weight is 238 g/mol. The Balaban J connectivity index is 2.82. The lowest BCUT2D eigenvalue weighted by atomic mass is 10.1. The van der Waals surface area contributed by atoms with Crippen molar-refractivity contribution in [1.82, 2.24) is 0 Å². The summed E-state index contributed by atoms with van der Waals surface area (Å²) in [5.41, 5.74) is 1.15. The third-order valence-electron chi connectivity index (χ3n) is 2.30. The second-order valence-corrected chi connectivity index (χ2v) is 3.90. The van der Waals surface area contributed by atoms with Crippen molar-refractivity contribution >= 4 is 17.3 Å². The van der Waals surface area contributed by atoms with Crippen molar-refractivity contribution in [1.29, 1.82) is 0 Å². The zero-order chi connectivity index (χ0) is 13.0. The number of nitrogens with zero attached hydrogens (tertiary/aromatic N) is 1. The first-order chi connectivity index (χ1) is 7.90. The summed E-state index contributed by atoms with van der Waals surface area (Å²) >= 11 is 0. The van der Waals surface area contributed by atoms with Crippen molar-refractivity contribution < 1.29 is 14.8 Å². The number of benzene rings is 1. The van der Waals surface area contributed by atoms with Crippen molar-refractivity contribution in [3.63, 3.8) is 0 Å². The molecule has 92 valence electrons. The van der Waals surface area contributed by atoms with E-state index in [9.17, 15) is 14.9 Å². The van der Waals surface area contributed by atoms with Gasteiger partial charge in [-0.05, 0) is 19.9 Å². The van der Waals surface area contributed by atoms with E-state index in [1.54, 1.807) is 26.0 Å². The maximum absolute atomic E-state index is 10.7. The van der Waals surface area contributed by atoms with Crippen LogP contribution in [-0.2, 0) is 4.79 Å². The zero-order valence-electron chi connectivity index (χ0n) is 9.64. The number of carboxylic acids is 1. The molecule has 0 amide bonds. The molecule has 0 aliphatic carbocycles. The van der Waals surface area contributed by atoms with Crippen molar-refractivity contribution in [2.45, 2.75) is 26.3 Å². The highest BCUT2D eigenvalue weighted by Crippen LogP contribution is 2.22. The highest BCUT2D eigenvalue weighted by molar-refractivity contribution is 5.68. The molecule has 2 N–H and O–H groups in total. The van der Waals surface area contributed by atoms with Gasteiger partial charge in [0, 0.05) is 23.4 Å². The molecule has 1 aromatic rings. The number of hydrogen-bond donors (Lipinski definition) is 2. The van der Waals surface area contributed by atoms with E-state index >= 15 is 0 Å². The Kier molecular flexibility index (Phi) is 4.03. The van der Waals surface area contributed by atoms with Gasteiger partial charge < -0.3 is 10.4 Å². The van der Waals surface area contributed by atoms with Gasteiger partial charge in [0.25, 0.3) is 5.69 Å². The molecule has 1 unspecified atom stereocenters. The Morgan fingerprint density at radius 1 is 1.59 bits per heavy atom. The van der Waals surface area contributed by atoms with Crippen LogP contribution in [0.2, 0.25) is 0 Å². The van der Waals surface area contributed by atoms with E-state index in [0.717, 1.165) is 0 Å². The summed E-state index contributed by atoms with van der Waals surface area (Å²) in [6, 6.07) is 4.46. The molecular formula is C11H14N2O4. The number of aliphatic carboxylic acids is 1. The zero-order valence-corrected chi connectivity index (χ0v) is 9.64. The normalized spacial score (nSPS) is 11.9. The summed E-state index contributed by atoms with van der Waals surface area (Å²) in [5.74, 6) is -0.911. The molecule has 1 atom stereocenters. The minimum atomic E-state index is -0.911. The topological polar surface area (TPSA) is 92.5 Å². The fraction of sp³-hybridized carbons (Fsp3) is 0.364. The van der Waals surface area contributed by atoms with Crippen LogP contribution in [0.4, 0.5) is 11.4 Å². The fourth-order valence-corrected chi connectivity index (χ4v) is 1.49. The Morgan fingerprint density at radius 3 is 2.76 bits per heavy atom. The maximum Gasteiger partial charge on any atom is 0.305 e. The SMILES string of the molecule is Cc1ccc(NC(C)CC(=O)O)cc1[N+](=O)[O-]. The summed E-state index contributed by atoms with van der Waals surface area (Å²) in [6.45, 7) is 3.36. The maximum atomic E-state index is 10.7. The molecule has 0 aromatic heterocycles. The number of nitro groups is 1. The van der Waals surface area contributed by atoms with Crippen molar-refractivity contribution in [3.8, 4) is 0 Å². The lowest BCUT2D eigenvalue weighted by Gasteiger charge is -2.13. The van der Waals surface area contributed by atoms with Gasteiger partial charge in [-0.3, -0.25) is 14.9 Å². The van der Waals surface area contributed by atoms with Gasteiger partial charge in [0.15, 0.2) is 0 Å². The molecule has 0 saturated heterocycles. The summed E-state index contributed by atoms with van der Waals surface area (Å²) in [6.07, 6.45) is -0.0400. The van der Waals surface area contributed by atoms with Crippen molar-refractivity contribution in [3.05, 3.63) is 33.9 Å². The summed E-state index contributed by atoms with van der Waals surface area (Å²) in [5, 5.41) is 22.2. The van der Waals surface area contributed by atoms with Crippen LogP contribution in [-0.4, -0.2) is 22.0 Å². The molecular weight excluding hydrogens is 224 g/mol. The standard InChI is InChI=1S/C11H14N2O4/c1-7-3-4-9(6-10(7)13(16)17)12-8(2)5-11(14)15/h3-4,6,8,12H,5H2,1-2H3,(H,14,15). The van der Waals surface area contributed by atoms with Gasteiger partial charge in [0.2, 0.25) is 0 Å². The van der Waals surface area contributed by atoms with Crippen LogP contribution in [0.15, 0.2) is 18.2 Å². The number of carbonyl (C=O) groups is 1. The predicted octanol–water partition coefficient (Wildman–Crippen LogP) is 2.18. The number of nitrogens with one attached hydrogen (secondary N) is 1. The third kappa shape index (κ3) is 3.75. The van der Waals surface area contributed by atoms with Crippen LogP contribution in [0.1, 0.15) is 18.9 Å². The lowest BCUT2D eigenvalue weighted by Crippen LogP contribution is -2.19. The van der Waals surface area contributed by atoms with Crippen LogP contribution >= 0.6 is 0 Å². The van der Waals surface area contributed by atoms with Crippen molar-refractivity contribution in [2.24, 2.45) is 0 Å². The number of aryl methyl sites for hydroxylation is 1. The second kappa shape index (κ2) is 5.29. The minimum absolute atomic E-state index is 0.0255. The Labute approximate surface area is 98.4 Å². The molecule has 0 saturated carbocycles. The Bertz CT molecular complexity index is 445. The molecule has 0 heterocycles. The van der Waals surface area contributed by atoms with Crippen LogP contribution < -0.4 is 5.32 Å². The Hall–Kier alpha value is -2.11. The molecule has 0 aliphatic heterocycles. The number of nitro benzene ring substituents is 1. The molecule has 6 nitrogen and oxygen atoms in total. The van der Waals surface area contributed by atoms with Gasteiger partial charge >= 0.3 is 5.97 Å². The van der Waals surface area contributed by atoms with Gasteiger partial charge in [-0.15, -0.1) is 0 Å².